The number of benzene rings is 4. The van der Waals surface area contributed by atoms with Crippen LogP contribution in [0.25, 0.3) is 28.2 Å². The van der Waals surface area contributed by atoms with Gasteiger partial charge in [-0.2, -0.15) is 0 Å². The summed E-state index contributed by atoms with van der Waals surface area (Å²) in [6, 6.07) is 29.8. The van der Waals surface area contributed by atoms with Gasteiger partial charge in [-0.1, -0.05) is 48.5 Å². The molecule has 5 aromatic rings. The summed E-state index contributed by atoms with van der Waals surface area (Å²) < 4.78 is 30.7. The molecule has 0 radical (unpaired) electrons. The van der Waals surface area contributed by atoms with Crippen LogP contribution in [0.4, 0.5) is 0 Å². The van der Waals surface area contributed by atoms with Crippen molar-refractivity contribution in [3.8, 4) is 56.9 Å². The van der Waals surface area contributed by atoms with Crippen LogP contribution in [0.15, 0.2) is 97.3 Å². The zero-order valence-electron chi connectivity index (χ0n) is 22.4. The van der Waals surface area contributed by atoms with Crippen LogP contribution in [-0.2, 0) is 6.61 Å². The zero-order valence-corrected chi connectivity index (χ0v) is 22.4. The van der Waals surface area contributed by atoms with E-state index in [-0.39, 0.29) is 0 Å². The largest absolute Gasteiger partial charge is 0.493 e. The summed E-state index contributed by atoms with van der Waals surface area (Å²) in [4.78, 5) is 4.85. The quantitative estimate of drug-likeness (QED) is 0.201. The fourth-order valence-electron chi connectivity index (χ4n) is 4.51. The highest BCUT2D eigenvalue weighted by atomic mass is 16.5. The number of nitrogens with zero attached hydrogens (tertiary/aromatic N) is 2. The van der Waals surface area contributed by atoms with Crippen LogP contribution in [0.3, 0.4) is 0 Å². The van der Waals surface area contributed by atoms with E-state index in [2.05, 4.69) is 4.57 Å². The fourth-order valence-corrected chi connectivity index (χ4v) is 4.51. The molecule has 0 saturated heterocycles. The summed E-state index contributed by atoms with van der Waals surface area (Å²) >= 11 is 0. The maximum absolute atomic E-state index is 6.24. The minimum absolute atomic E-state index is 0.415. The molecule has 0 aliphatic rings. The van der Waals surface area contributed by atoms with Crippen LogP contribution in [-0.4, -0.2) is 38.0 Å². The molecule has 0 fully saturated rings. The first kappa shape index (κ1) is 25.7. The van der Waals surface area contributed by atoms with E-state index in [9.17, 15) is 0 Å². The SMILES string of the molecule is COc1ccc(-c2c(-c3cc(OC)c(OC)c(OC)c3)ncn2-c2ccccc2)cc1OCc1ccccc1. The molecule has 1 heterocycles. The van der Waals surface area contributed by atoms with Gasteiger partial charge in [0.05, 0.1) is 39.8 Å². The van der Waals surface area contributed by atoms with Crippen LogP contribution in [0.2, 0.25) is 0 Å². The number of methoxy groups -OCH3 is 4. The van der Waals surface area contributed by atoms with E-state index in [0.29, 0.717) is 35.4 Å². The standard InChI is InChI=1S/C32H30N2O5/c1-35-26-16-15-23(17-27(26)39-20-22-11-7-5-8-12-22)31-30(33-21-34(31)25-13-9-6-10-14-25)24-18-28(36-2)32(38-4)29(19-24)37-3/h5-19,21H,20H2,1-4H3. The molecule has 4 aromatic carbocycles. The van der Waals surface area contributed by atoms with Crippen molar-refractivity contribution in [3.63, 3.8) is 0 Å². The molecule has 0 spiro atoms. The normalized spacial score (nSPS) is 10.7. The lowest BCUT2D eigenvalue weighted by atomic mass is 10.0. The Labute approximate surface area is 228 Å². The summed E-state index contributed by atoms with van der Waals surface area (Å²) in [5, 5.41) is 0. The van der Waals surface area contributed by atoms with E-state index >= 15 is 0 Å². The van der Waals surface area contributed by atoms with Gasteiger partial charge in [-0.3, -0.25) is 4.57 Å². The van der Waals surface area contributed by atoms with Gasteiger partial charge in [0.15, 0.2) is 23.0 Å². The molecule has 0 atom stereocenters. The molecule has 39 heavy (non-hydrogen) atoms. The molecule has 0 aliphatic carbocycles. The summed E-state index contributed by atoms with van der Waals surface area (Å²) in [5.74, 6) is 2.90. The first-order valence-electron chi connectivity index (χ1n) is 12.4. The van der Waals surface area contributed by atoms with E-state index in [4.69, 9.17) is 28.7 Å². The predicted octanol–water partition coefficient (Wildman–Crippen LogP) is 6.82. The second-order valence-electron chi connectivity index (χ2n) is 8.70. The maximum Gasteiger partial charge on any atom is 0.203 e. The van der Waals surface area contributed by atoms with Gasteiger partial charge in [0.25, 0.3) is 0 Å². The van der Waals surface area contributed by atoms with Crippen LogP contribution in [0, 0.1) is 0 Å². The molecule has 0 unspecified atom stereocenters. The lowest BCUT2D eigenvalue weighted by molar-refractivity contribution is 0.284. The first-order valence-corrected chi connectivity index (χ1v) is 12.4. The molecular weight excluding hydrogens is 492 g/mol. The second kappa shape index (κ2) is 11.6. The summed E-state index contributed by atoms with van der Waals surface area (Å²) in [6.45, 7) is 0.415. The average Bonchev–Trinajstić information content (AvgIpc) is 3.45. The van der Waals surface area contributed by atoms with Crippen molar-refractivity contribution in [2.24, 2.45) is 0 Å². The highest BCUT2D eigenvalue weighted by molar-refractivity contribution is 5.83. The Morgan fingerprint density at radius 3 is 1.85 bits per heavy atom. The Kier molecular flexibility index (Phi) is 7.68. The molecule has 7 heteroatoms. The van der Waals surface area contributed by atoms with Crippen LogP contribution in [0.5, 0.6) is 28.7 Å². The number of imidazole rings is 1. The van der Waals surface area contributed by atoms with Crippen LogP contribution in [0.1, 0.15) is 5.56 Å². The van der Waals surface area contributed by atoms with Crippen LogP contribution < -0.4 is 23.7 Å². The summed E-state index contributed by atoms with van der Waals surface area (Å²) in [6.07, 6.45) is 1.82. The third kappa shape index (κ3) is 5.25. The number of ether oxygens (including phenoxy) is 5. The van der Waals surface area contributed by atoms with Gasteiger partial charge in [-0.25, -0.2) is 4.98 Å². The van der Waals surface area contributed by atoms with Crippen molar-refractivity contribution >= 4 is 0 Å². The Balaban J connectivity index is 1.67. The molecule has 0 amide bonds. The number of aromatic nitrogens is 2. The van der Waals surface area contributed by atoms with Gasteiger partial charge in [-0.15, -0.1) is 0 Å². The Hall–Kier alpha value is -4.91. The molecule has 7 nitrogen and oxygen atoms in total. The number of rotatable bonds is 10. The highest BCUT2D eigenvalue weighted by Gasteiger charge is 2.22. The molecule has 0 aliphatic heterocycles. The smallest absolute Gasteiger partial charge is 0.203 e. The lowest BCUT2D eigenvalue weighted by Gasteiger charge is -2.16. The molecule has 198 valence electrons. The van der Waals surface area contributed by atoms with Gasteiger partial charge in [0.2, 0.25) is 5.75 Å². The lowest BCUT2D eigenvalue weighted by Crippen LogP contribution is -2.00. The number of hydrogen-bond acceptors (Lipinski definition) is 6. The van der Waals surface area contributed by atoms with E-state index in [1.54, 1.807) is 28.4 Å². The third-order valence-electron chi connectivity index (χ3n) is 6.41. The second-order valence-corrected chi connectivity index (χ2v) is 8.70. The van der Waals surface area contributed by atoms with Gasteiger partial charge >= 0.3 is 0 Å². The topological polar surface area (TPSA) is 64.0 Å². The number of hydrogen-bond donors (Lipinski definition) is 0. The molecule has 0 saturated carbocycles. The van der Waals surface area contributed by atoms with Crippen molar-refractivity contribution in [1.29, 1.82) is 0 Å². The van der Waals surface area contributed by atoms with Crippen molar-refractivity contribution < 1.29 is 23.7 Å². The van der Waals surface area contributed by atoms with Gasteiger partial charge in [-0.05, 0) is 48.0 Å². The van der Waals surface area contributed by atoms with E-state index < -0.39 is 0 Å². The van der Waals surface area contributed by atoms with Crippen molar-refractivity contribution in [2.75, 3.05) is 28.4 Å². The van der Waals surface area contributed by atoms with E-state index in [1.165, 1.54) is 0 Å². The molecule has 1 aromatic heterocycles. The molecular formula is C32H30N2O5. The van der Waals surface area contributed by atoms with Crippen molar-refractivity contribution in [2.45, 2.75) is 6.61 Å². The Bertz CT molecular complexity index is 1520. The molecule has 0 N–H and O–H groups in total. The first-order chi connectivity index (χ1) is 19.2. The third-order valence-corrected chi connectivity index (χ3v) is 6.41. The maximum atomic E-state index is 6.24. The van der Waals surface area contributed by atoms with Gasteiger partial charge < -0.3 is 23.7 Å². The summed E-state index contributed by atoms with van der Waals surface area (Å²) in [7, 11) is 6.43. The Morgan fingerprint density at radius 2 is 1.23 bits per heavy atom. The summed E-state index contributed by atoms with van der Waals surface area (Å²) in [5.41, 5.74) is 5.39. The van der Waals surface area contributed by atoms with Crippen molar-refractivity contribution in [1.82, 2.24) is 9.55 Å². The van der Waals surface area contributed by atoms with Gasteiger partial charge in [0.1, 0.15) is 12.9 Å². The van der Waals surface area contributed by atoms with Crippen molar-refractivity contribution in [3.05, 3.63) is 103 Å². The number of para-hydroxylation sites is 1. The average molecular weight is 523 g/mol. The predicted molar refractivity (Wildman–Crippen MR) is 151 cm³/mol. The fraction of sp³-hybridized carbons (Fsp3) is 0.156. The van der Waals surface area contributed by atoms with E-state index in [1.807, 2.05) is 97.3 Å². The minimum atomic E-state index is 0.415. The highest BCUT2D eigenvalue weighted by Crippen LogP contribution is 2.44. The zero-order chi connectivity index (χ0) is 27.2. The van der Waals surface area contributed by atoms with E-state index in [0.717, 1.165) is 33.8 Å². The minimum Gasteiger partial charge on any atom is -0.493 e. The van der Waals surface area contributed by atoms with Crippen LogP contribution >= 0.6 is 0 Å². The molecule has 5 rings (SSSR count). The Morgan fingerprint density at radius 1 is 0.615 bits per heavy atom. The monoisotopic (exact) mass is 522 g/mol. The molecule has 0 bridgehead atoms. The van der Waals surface area contributed by atoms with Gasteiger partial charge in [0, 0.05) is 16.8 Å².